The summed E-state index contributed by atoms with van der Waals surface area (Å²) >= 11 is 0. The Morgan fingerprint density at radius 2 is 2.21 bits per heavy atom. The molecule has 1 aromatic heterocycles. The number of ether oxygens (including phenoxy) is 2. The molecule has 1 saturated heterocycles. The summed E-state index contributed by atoms with van der Waals surface area (Å²) in [5, 5.41) is 2.87. The van der Waals surface area contributed by atoms with Crippen LogP contribution in [0, 0.1) is 5.92 Å². The molecule has 0 radical (unpaired) electrons. The average molecular weight is 336 g/mol. The SMILES string of the molecule is CCOc1cc(N2CCC[C@@H](CNC(=O)OC(C)(C)C)C2)ncn1. The monoisotopic (exact) mass is 336 g/mol. The molecule has 2 rings (SSSR count). The van der Waals surface area contributed by atoms with Crippen LogP contribution in [0.4, 0.5) is 10.6 Å². The van der Waals surface area contributed by atoms with E-state index in [9.17, 15) is 4.79 Å². The minimum absolute atomic E-state index is 0.361. The van der Waals surface area contributed by atoms with Gasteiger partial charge >= 0.3 is 6.09 Å². The topological polar surface area (TPSA) is 76.6 Å². The Balaban J connectivity index is 1.87. The first-order valence-electron chi connectivity index (χ1n) is 8.54. The number of nitrogens with zero attached hydrogens (tertiary/aromatic N) is 3. The highest BCUT2D eigenvalue weighted by atomic mass is 16.6. The van der Waals surface area contributed by atoms with Gasteiger partial charge in [-0.05, 0) is 46.5 Å². The maximum absolute atomic E-state index is 11.8. The molecule has 0 bridgehead atoms. The summed E-state index contributed by atoms with van der Waals surface area (Å²) in [4.78, 5) is 22.5. The number of carbonyl (C=O) groups excluding carboxylic acids is 1. The maximum atomic E-state index is 11.8. The lowest BCUT2D eigenvalue weighted by atomic mass is 9.98. The number of hydrogen-bond acceptors (Lipinski definition) is 6. The van der Waals surface area contributed by atoms with Crippen LogP contribution >= 0.6 is 0 Å². The average Bonchev–Trinajstić information content (AvgIpc) is 2.52. The predicted molar refractivity (Wildman–Crippen MR) is 92.4 cm³/mol. The van der Waals surface area contributed by atoms with Crippen molar-refractivity contribution >= 4 is 11.9 Å². The number of rotatable bonds is 5. The van der Waals surface area contributed by atoms with E-state index in [2.05, 4.69) is 20.2 Å². The van der Waals surface area contributed by atoms with Gasteiger partial charge in [-0.1, -0.05) is 0 Å². The number of aromatic nitrogens is 2. The summed E-state index contributed by atoms with van der Waals surface area (Å²) in [7, 11) is 0. The molecule has 1 atom stereocenters. The second-order valence-corrected chi connectivity index (χ2v) is 6.98. The van der Waals surface area contributed by atoms with Gasteiger partial charge in [-0.15, -0.1) is 0 Å². The molecule has 24 heavy (non-hydrogen) atoms. The van der Waals surface area contributed by atoms with Crippen molar-refractivity contribution in [2.75, 3.05) is 31.1 Å². The zero-order valence-electron chi connectivity index (χ0n) is 15.0. The lowest BCUT2D eigenvalue weighted by molar-refractivity contribution is 0.0517. The molecule has 1 aromatic rings. The van der Waals surface area contributed by atoms with Crippen molar-refractivity contribution in [3.63, 3.8) is 0 Å². The van der Waals surface area contributed by atoms with Crippen molar-refractivity contribution in [3.05, 3.63) is 12.4 Å². The fraction of sp³-hybridized carbons (Fsp3) is 0.706. The summed E-state index contributed by atoms with van der Waals surface area (Å²) in [5.41, 5.74) is -0.473. The number of anilines is 1. The third-order valence-corrected chi connectivity index (χ3v) is 3.70. The second kappa shape index (κ2) is 8.17. The number of amides is 1. The highest BCUT2D eigenvalue weighted by Gasteiger charge is 2.23. The number of piperidine rings is 1. The Bertz CT molecular complexity index is 545. The first kappa shape index (κ1) is 18.3. The number of nitrogens with one attached hydrogen (secondary N) is 1. The molecular weight excluding hydrogens is 308 g/mol. The normalized spacial score (nSPS) is 18.2. The molecule has 2 heterocycles. The van der Waals surface area contributed by atoms with Crippen LogP contribution in [-0.4, -0.2) is 47.9 Å². The second-order valence-electron chi connectivity index (χ2n) is 6.98. The Kier molecular flexibility index (Phi) is 6.23. The molecule has 1 aliphatic heterocycles. The Hall–Kier alpha value is -2.05. The molecule has 134 valence electrons. The first-order chi connectivity index (χ1) is 11.4. The van der Waals surface area contributed by atoms with E-state index in [-0.39, 0.29) is 6.09 Å². The highest BCUT2D eigenvalue weighted by molar-refractivity contribution is 5.67. The van der Waals surface area contributed by atoms with E-state index in [1.165, 1.54) is 6.33 Å². The number of alkyl carbamates (subject to hydrolysis) is 1. The number of hydrogen-bond donors (Lipinski definition) is 1. The Labute approximate surface area is 143 Å². The van der Waals surface area contributed by atoms with Crippen molar-refractivity contribution < 1.29 is 14.3 Å². The zero-order valence-corrected chi connectivity index (χ0v) is 15.0. The van der Waals surface area contributed by atoms with Crippen molar-refractivity contribution in [1.82, 2.24) is 15.3 Å². The molecule has 0 aromatic carbocycles. The molecule has 0 spiro atoms. The Morgan fingerprint density at radius 3 is 2.92 bits per heavy atom. The summed E-state index contributed by atoms with van der Waals surface area (Å²) in [6.45, 7) is 10.5. The lowest BCUT2D eigenvalue weighted by Crippen LogP contribution is -2.42. The maximum Gasteiger partial charge on any atom is 0.407 e. The van der Waals surface area contributed by atoms with Gasteiger partial charge in [0.15, 0.2) is 0 Å². The molecule has 0 aliphatic carbocycles. The van der Waals surface area contributed by atoms with E-state index in [1.54, 1.807) is 0 Å². The van der Waals surface area contributed by atoms with Gasteiger partial charge in [-0.2, -0.15) is 0 Å². The minimum Gasteiger partial charge on any atom is -0.478 e. The summed E-state index contributed by atoms with van der Waals surface area (Å²) in [6, 6.07) is 1.87. The van der Waals surface area contributed by atoms with Crippen LogP contribution in [0.15, 0.2) is 12.4 Å². The van der Waals surface area contributed by atoms with E-state index >= 15 is 0 Å². The van der Waals surface area contributed by atoms with Gasteiger partial charge in [0.05, 0.1) is 6.61 Å². The predicted octanol–water partition coefficient (Wildman–Crippen LogP) is 2.62. The van der Waals surface area contributed by atoms with Crippen molar-refractivity contribution in [2.45, 2.75) is 46.1 Å². The Morgan fingerprint density at radius 1 is 1.42 bits per heavy atom. The molecule has 0 unspecified atom stereocenters. The molecule has 1 N–H and O–H groups in total. The molecule has 1 aliphatic rings. The largest absolute Gasteiger partial charge is 0.478 e. The molecule has 1 fully saturated rings. The minimum atomic E-state index is -0.473. The third kappa shape index (κ3) is 5.86. The van der Waals surface area contributed by atoms with Crippen LogP contribution in [0.2, 0.25) is 0 Å². The van der Waals surface area contributed by atoms with Crippen LogP contribution < -0.4 is 15.0 Å². The van der Waals surface area contributed by atoms with Crippen LogP contribution in [0.25, 0.3) is 0 Å². The summed E-state index contributed by atoms with van der Waals surface area (Å²) in [5.74, 6) is 1.84. The van der Waals surface area contributed by atoms with E-state index in [0.29, 0.717) is 24.9 Å². The summed E-state index contributed by atoms with van der Waals surface area (Å²) < 4.78 is 10.7. The molecule has 7 heteroatoms. The van der Waals surface area contributed by atoms with Crippen LogP contribution in [0.5, 0.6) is 5.88 Å². The smallest absolute Gasteiger partial charge is 0.407 e. The lowest BCUT2D eigenvalue weighted by Gasteiger charge is -2.33. The van der Waals surface area contributed by atoms with Gasteiger partial charge in [0.2, 0.25) is 5.88 Å². The van der Waals surface area contributed by atoms with E-state index in [0.717, 1.165) is 31.7 Å². The third-order valence-electron chi connectivity index (χ3n) is 3.70. The van der Waals surface area contributed by atoms with Gasteiger partial charge < -0.3 is 19.7 Å². The van der Waals surface area contributed by atoms with Gasteiger partial charge in [0.1, 0.15) is 17.7 Å². The standard InChI is InChI=1S/C17H28N4O3/c1-5-23-15-9-14(19-12-20-15)21-8-6-7-13(11-21)10-18-16(22)24-17(2,3)4/h9,12-13H,5-8,10-11H2,1-4H3,(H,18,22)/t13-/m0/s1. The van der Waals surface area contributed by atoms with Gasteiger partial charge in [0.25, 0.3) is 0 Å². The fourth-order valence-electron chi connectivity index (χ4n) is 2.71. The molecular formula is C17H28N4O3. The van der Waals surface area contributed by atoms with E-state index in [1.807, 2.05) is 33.8 Å². The van der Waals surface area contributed by atoms with Gasteiger partial charge in [0, 0.05) is 25.7 Å². The van der Waals surface area contributed by atoms with Crippen LogP contribution in [-0.2, 0) is 4.74 Å². The van der Waals surface area contributed by atoms with Crippen molar-refractivity contribution in [1.29, 1.82) is 0 Å². The van der Waals surface area contributed by atoms with Crippen molar-refractivity contribution in [2.24, 2.45) is 5.92 Å². The van der Waals surface area contributed by atoms with E-state index < -0.39 is 5.60 Å². The van der Waals surface area contributed by atoms with Gasteiger partial charge in [-0.3, -0.25) is 0 Å². The highest BCUT2D eigenvalue weighted by Crippen LogP contribution is 2.23. The quantitative estimate of drug-likeness (QED) is 0.891. The zero-order chi connectivity index (χ0) is 17.6. The summed E-state index contributed by atoms with van der Waals surface area (Å²) in [6.07, 6.45) is 3.31. The molecule has 7 nitrogen and oxygen atoms in total. The van der Waals surface area contributed by atoms with Crippen molar-refractivity contribution in [3.8, 4) is 5.88 Å². The van der Waals surface area contributed by atoms with E-state index in [4.69, 9.17) is 9.47 Å². The number of carbonyl (C=O) groups is 1. The molecule has 1 amide bonds. The first-order valence-corrected chi connectivity index (χ1v) is 8.54. The van der Waals surface area contributed by atoms with Crippen LogP contribution in [0.1, 0.15) is 40.5 Å². The molecule has 0 saturated carbocycles. The van der Waals surface area contributed by atoms with Crippen LogP contribution in [0.3, 0.4) is 0 Å². The van der Waals surface area contributed by atoms with Gasteiger partial charge in [-0.25, -0.2) is 14.8 Å². The fourth-order valence-corrected chi connectivity index (χ4v) is 2.71.